The number of nitrogens with one attached hydrogen (secondary N) is 2. The van der Waals surface area contributed by atoms with Gasteiger partial charge >= 0.3 is 8.80 Å². The van der Waals surface area contributed by atoms with Crippen molar-refractivity contribution in [1.29, 1.82) is 0 Å². The van der Waals surface area contributed by atoms with Gasteiger partial charge in [0.25, 0.3) is 0 Å². The Morgan fingerprint density at radius 3 is 2.29 bits per heavy atom. The van der Waals surface area contributed by atoms with Gasteiger partial charge in [-0.1, -0.05) is 0 Å². The number of amides is 1. The first-order valence-electron chi connectivity index (χ1n) is 8.10. The highest BCUT2D eigenvalue weighted by molar-refractivity contribution is 6.60. The molecule has 1 atom stereocenters. The number of carbonyl (C=O) groups excluding carboxylic acids is 1. The Balaban J connectivity index is 2.32. The van der Waals surface area contributed by atoms with Crippen molar-refractivity contribution in [2.75, 3.05) is 32.9 Å². The Labute approximate surface area is 129 Å². The molecule has 0 saturated carbocycles. The maximum Gasteiger partial charge on any atom is 0.500 e. The highest BCUT2D eigenvalue weighted by atomic mass is 28.4. The van der Waals surface area contributed by atoms with E-state index in [9.17, 15) is 4.79 Å². The van der Waals surface area contributed by atoms with E-state index in [1.54, 1.807) is 0 Å². The summed E-state index contributed by atoms with van der Waals surface area (Å²) in [4.78, 5) is 11.9. The van der Waals surface area contributed by atoms with Gasteiger partial charge in [-0.2, -0.15) is 0 Å². The summed E-state index contributed by atoms with van der Waals surface area (Å²) in [5.41, 5.74) is 0. The molecule has 1 heterocycles. The van der Waals surface area contributed by atoms with Gasteiger partial charge in [0.05, 0.1) is 6.04 Å². The van der Waals surface area contributed by atoms with E-state index >= 15 is 0 Å². The van der Waals surface area contributed by atoms with Gasteiger partial charge in [-0.05, 0) is 46.6 Å². The molecule has 7 heteroatoms. The van der Waals surface area contributed by atoms with Crippen LogP contribution in [-0.4, -0.2) is 53.7 Å². The lowest BCUT2D eigenvalue weighted by Gasteiger charge is -2.28. The predicted octanol–water partition coefficient (Wildman–Crippen LogP) is 1.29. The Morgan fingerprint density at radius 1 is 1.19 bits per heavy atom. The van der Waals surface area contributed by atoms with Crippen LogP contribution in [0.3, 0.4) is 0 Å². The largest absolute Gasteiger partial charge is 0.500 e. The molecule has 0 aromatic carbocycles. The van der Waals surface area contributed by atoms with Gasteiger partial charge in [0, 0.05) is 32.4 Å². The zero-order chi connectivity index (χ0) is 15.6. The number of rotatable bonds is 11. The van der Waals surface area contributed by atoms with E-state index < -0.39 is 8.80 Å². The van der Waals surface area contributed by atoms with Crippen molar-refractivity contribution in [3.8, 4) is 0 Å². The van der Waals surface area contributed by atoms with E-state index in [-0.39, 0.29) is 11.9 Å². The molecule has 0 aromatic heterocycles. The molecule has 1 rings (SSSR count). The van der Waals surface area contributed by atoms with Gasteiger partial charge in [-0.25, -0.2) is 0 Å². The van der Waals surface area contributed by atoms with Crippen LogP contribution in [0.2, 0.25) is 6.04 Å². The second kappa shape index (κ2) is 10.3. The van der Waals surface area contributed by atoms with Crippen molar-refractivity contribution in [3.05, 3.63) is 0 Å². The van der Waals surface area contributed by atoms with Gasteiger partial charge in [0.1, 0.15) is 0 Å². The lowest BCUT2D eigenvalue weighted by molar-refractivity contribution is -0.122. The summed E-state index contributed by atoms with van der Waals surface area (Å²) in [7, 11) is -2.57. The molecule has 21 heavy (non-hydrogen) atoms. The van der Waals surface area contributed by atoms with Crippen LogP contribution >= 0.6 is 0 Å². The number of hydrogen-bond donors (Lipinski definition) is 2. The fourth-order valence-electron chi connectivity index (χ4n) is 2.55. The topological polar surface area (TPSA) is 68.8 Å². The average molecular weight is 318 g/mol. The van der Waals surface area contributed by atoms with Gasteiger partial charge in [0.2, 0.25) is 5.91 Å². The van der Waals surface area contributed by atoms with Crippen molar-refractivity contribution in [1.82, 2.24) is 10.6 Å². The van der Waals surface area contributed by atoms with Gasteiger partial charge in [-0.15, -0.1) is 0 Å². The summed E-state index contributed by atoms with van der Waals surface area (Å²) in [5, 5.41) is 6.17. The van der Waals surface area contributed by atoms with Crippen LogP contribution in [-0.2, 0) is 18.1 Å². The monoisotopic (exact) mass is 318 g/mol. The molecule has 1 saturated heterocycles. The van der Waals surface area contributed by atoms with Gasteiger partial charge < -0.3 is 23.9 Å². The normalized spacial score (nSPS) is 18.9. The summed E-state index contributed by atoms with van der Waals surface area (Å²) < 4.78 is 17.4. The van der Waals surface area contributed by atoms with Crippen LogP contribution in [0.5, 0.6) is 0 Å². The van der Waals surface area contributed by atoms with Gasteiger partial charge in [-0.3, -0.25) is 4.79 Å². The lowest BCUT2D eigenvalue weighted by Crippen LogP contribution is -2.47. The maximum absolute atomic E-state index is 11.9. The quantitative estimate of drug-likeness (QED) is 0.444. The third kappa shape index (κ3) is 6.44. The lowest BCUT2D eigenvalue weighted by atomic mass is 10.2. The molecule has 0 radical (unpaired) electrons. The standard InChI is InChI=1S/C14H30N2O4Si/c1-4-18-21(19-5-2,20-6-3)12-8-11-16-14(17)13-9-7-10-15-13/h13,15H,4-12H2,1-3H3,(H,16,17)/t13-/m0/s1. The summed E-state index contributed by atoms with van der Waals surface area (Å²) in [5.74, 6) is 0.101. The molecule has 0 aromatic rings. The zero-order valence-electron chi connectivity index (χ0n) is 13.6. The number of hydrogen-bond acceptors (Lipinski definition) is 5. The molecule has 0 unspecified atom stereocenters. The molecule has 6 nitrogen and oxygen atoms in total. The van der Waals surface area contributed by atoms with Crippen LogP contribution in [0.1, 0.15) is 40.0 Å². The SMILES string of the molecule is CCO[Si](CCCNC(=O)[C@@H]1CCCN1)(OCC)OCC. The van der Waals surface area contributed by atoms with Crippen LogP contribution in [0, 0.1) is 0 Å². The highest BCUT2D eigenvalue weighted by Crippen LogP contribution is 2.17. The van der Waals surface area contributed by atoms with Crippen LogP contribution in [0.25, 0.3) is 0 Å². The molecule has 0 bridgehead atoms. The second-order valence-corrected chi connectivity index (χ2v) is 7.76. The average Bonchev–Trinajstić information content (AvgIpc) is 2.98. The highest BCUT2D eigenvalue weighted by Gasteiger charge is 2.39. The second-order valence-electron chi connectivity index (χ2n) is 5.03. The zero-order valence-corrected chi connectivity index (χ0v) is 14.6. The minimum atomic E-state index is -2.57. The van der Waals surface area contributed by atoms with E-state index in [1.165, 1.54) is 0 Å². The van der Waals surface area contributed by atoms with Crippen LogP contribution in [0.4, 0.5) is 0 Å². The number of carbonyl (C=O) groups is 1. The summed E-state index contributed by atoms with van der Waals surface area (Å²) in [6.07, 6.45) is 2.82. The van der Waals surface area contributed by atoms with E-state index in [0.717, 1.165) is 31.9 Å². The van der Waals surface area contributed by atoms with Crippen molar-refractivity contribution in [2.45, 2.75) is 52.1 Å². The molecule has 1 amide bonds. The molecule has 1 fully saturated rings. The molecule has 0 aliphatic carbocycles. The van der Waals surface area contributed by atoms with Crippen molar-refractivity contribution < 1.29 is 18.1 Å². The smallest absolute Gasteiger partial charge is 0.374 e. The van der Waals surface area contributed by atoms with Crippen LogP contribution in [0.15, 0.2) is 0 Å². The van der Waals surface area contributed by atoms with Crippen molar-refractivity contribution in [2.24, 2.45) is 0 Å². The third-order valence-electron chi connectivity index (χ3n) is 3.43. The Hall–Kier alpha value is -0.473. The Morgan fingerprint density at radius 2 is 1.81 bits per heavy atom. The Kier molecular flexibility index (Phi) is 9.10. The summed E-state index contributed by atoms with van der Waals surface area (Å²) >= 11 is 0. The van der Waals surface area contributed by atoms with Crippen molar-refractivity contribution in [3.63, 3.8) is 0 Å². The molecular weight excluding hydrogens is 288 g/mol. The minimum Gasteiger partial charge on any atom is -0.374 e. The predicted molar refractivity (Wildman–Crippen MR) is 84.1 cm³/mol. The molecule has 124 valence electrons. The first-order chi connectivity index (χ1) is 10.2. The van der Waals surface area contributed by atoms with E-state index in [1.807, 2.05) is 20.8 Å². The fourth-order valence-corrected chi connectivity index (χ4v) is 5.16. The summed E-state index contributed by atoms with van der Waals surface area (Å²) in [6, 6.07) is 0.721. The molecular formula is C14H30N2O4Si. The third-order valence-corrected chi connectivity index (χ3v) is 6.58. The molecule has 1 aliphatic rings. The molecule has 1 aliphatic heterocycles. The van der Waals surface area contributed by atoms with Crippen LogP contribution < -0.4 is 10.6 Å². The molecule has 0 spiro atoms. The van der Waals surface area contributed by atoms with Gasteiger partial charge in [0.15, 0.2) is 0 Å². The minimum absolute atomic E-state index is 0.0160. The molecule has 2 N–H and O–H groups in total. The Bertz CT molecular complexity index is 282. The first-order valence-corrected chi connectivity index (χ1v) is 10.0. The van der Waals surface area contributed by atoms with E-state index in [2.05, 4.69) is 10.6 Å². The fraction of sp³-hybridized carbons (Fsp3) is 0.929. The van der Waals surface area contributed by atoms with Crippen molar-refractivity contribution >= 4 is 14.7 Å². The first kappa shape index (κ1) is 18.6. The maximum atomic E-state index is 11.9. The summed E-state index contributed by atoms with van der Waals surface area (Å²) in [6.45, 7) is 9.19. The van der Waals surface area contributed by atoms with E-state index in [4.69, 9.17) is 13.3 Å². The van der Waals surface area contributed by atoms with E-state index in [0.29, 0.717) is 26.4 Å².